The number of ketones is 1. The zero-order chi connectivity index (χ0) is 26.3. The Morgan fingerprint density at radius 3 is 2.53 bits per heavy atom. The Morgan fingerprint density at radius 2 is 1.81 bits per heavy atom. The standard InChI is InChI=1S/C25H21F3N4O2.H3NO/c26-25(27,28)19-13-17(4-5-18(19)23(34)9-11-33)22-8-6-20(29)24(32-22)31-14-15-3-7-21-16(12-15)2-1-10-30-21;1-2/h1-8,10,12-13,33H,9,11,14,29H2,(H,31,32);2H,1H2. The van der Waals surface area contributed by atoms with Crippen LogP contribution in [0.4, 0.5) is 24.7 Å². The maximum Gasteiger partial charge on any atom is 0.417 e. The second-order valence-electron chi connectivity index (χ2n) is 7.67. The molecule has 2 heterocycles. The van der Waals surface area contributed by atoms with E-state index in [0.29, 0.717) is 18.1 Å². The Labute approximate surface area is 204 Å². The van der Waals surface area contributed by atoms with Crippen molar-refractivity contribution in [2.75, 3.05) is 17.7 Å². The average molecular weight is 499 g/mol. The Balaban J connectivity index is 0.00000176. The lowest BCUT2D eigenvalue weighted by Gasteiger charge is -2.15. The lowest BCUT2D eigenvalue weighted by atomic mass is 9.97. The molecule has 0 bridgehead atoms. The van der Waals surface area contributed by atoms with E-state index in [4.69, 9.17) is 16.0 Å². The second kappa shape index (κ2) is 11.6. The number of anilines is 2. The minimum absolute atomic E-state index is 0.188. The quantitative estimate of drug-likeness (QED) is 0.186. The first kappa shape index (κ1) is 26.5. The molecule has 4 aromatic rings. The predicted molar refractivity (Wildman–Crippen MR) is 130 cm³/mol. The summed E-state index contributed by atoms with van der Waals surface area (Å²) in [6, 6.07) is 16.1. The summed E-state index contributed by atoms with van der Waals surface area (Å²) in [7, 11) is 0. The molecule has 0 fully saturated rings. The Hall–Kier alpha value is -4.06. The van der Waals surface area contributed by atoms with E-state index in [1.54, 1.807) is 12.3 Å². The fourth-order valence-electron chi connectivity index (χ4n) is 3.61. The third kappa shape index (κ3) is 6.13. The molecule has 0 spiro atoms. The summed E-state index contributed by atoms with van der Waals surface area (Å²) in [5.74, 6) is 3.05. The average Bonchev–Trinajstić information content (AvgIpc) is 2.88. The number of pyridine rings is 2. The summed E-state index contributed by atoms with van der Waals surface area (Å²) < 4.78 is 40.9. The molecule has 0 saturated heterocycles. The van der Waals surface area contributed by atoms with Gasteiger partial charge in [-0.3, -0.25) is 9.78 Å². The van der Waals surface area contributed by atoms with E-state index in [-0.39, 0.29) is 17.7 Å². The van der Waals surface area contributed by atoms with Crippen LogP contribution in [0.5, 0.6) is 0 Å². The number of nitrogens with two attached hydrogens (primary N) is 2. The highest BCUT2D eigenvalue weighted by atomic mass is 19.4. The number of fused-ring (bicyclic) bond motifs is 1. The molecule has 7 N–H and O–H groups in total. The summed E-state index contributed by atoms with van der Waals surface area (Å²) in [4.78, 5) is 20.8. The fraction of sp³-hybridized carbons (Fsp3) is 0.160. The number of aromatic nitrogens is 2. The third-order valence-electron chi connectivity index (χ3n) is 5.31. The van der Waals surface area contributed by atoms with Crippen molar-refractivity contribution in [2.24, 2.45) is 5.90 Å². The number of halogens is 3. The summed E-state index contributed by atoms with van der Waals surface area (Å²) in [6.45, 7) is -0.131. The van der Waals surface area contributed by atoms with Crippen LogP contribution >= 0.6 is 0 Å². The van der Waals surface area contributed by atoms with Crippen molar-refractivity contribution in [3.63, 3.8) is 0 Å². The van der Waals surface area contributed by atoms with Crippen LogP contribution in [0, 0.1) is 0 Å². The highest BCUT2D eigenvalue weighted by Gasteiger charge is 2.35. The number of hydrogen-bond acceptors (Lipinski definition) is 8. The largest absolute Gasteiger partial charge is 0.417 e. The number of aliphatic hydroxyl groups is 1. The molecule has 0 aliphatic heterocycles. The molecule has 0 atom stereocenters. The number of nitrogens with zero attached hydrogens (tertiary/aromatic N) is 2. The van der Waals surface area contributed by atoms with Gasteiger partial charge in [0, 0.05) is 35.7 Å². The van der Waals surface area contributed by atoms with E-state index >= 15 is 0 Å². The van der Waals surface area contributed by atoms with Crippen molar-refractivity contribution < 1.29 is 28.3 Å². The van der Waals surface area contributed by atoms with Crippen LogP contribution in [0.2, 0.25) is 0 Å². The van der Waals surface area contributed by atoms with Crippen LogP contribution in [0.25, 0.3) is 22.2 Å². The van der Waals surface area contributed by atoms with Gasteiger partial charge in [-0.2, -0.15) is 13.2 Å². The molecule has 2 aromatic carbocycles. The molecule has 0 amide bonds. The van der Waals surface area contributed by atoms with Gasteiger partial charge >= 0.3 is 6.18 Å². The van der Waals surface area contributed by atoms with Gasteiger partial charge in [-0.25, -0.2) is 10.9 Å². The molecule has 0 saturated carbocycles. The minimum atomic E-state index is -4.74. The van der Waals surface area contributed by atoms with Gasteiger partial charge in [-0.05, 0) is 42.0 Å². The van der Waals surface area contributed by atoms with Crippen molar-refractivity contribution in [1.82, 2.24) is 9.97 Å². The summed E-state index contributed by atoms with van der Waals surface area (Å²) in [5.41, 5.74) is 7.11. The normalized spacial score (nSPS) is 11.1. The Bertz CT molecular complexity index is 1360. The van der Waals surface area contributed by atoms with Crippen molar-refractivity contribution in [3.8, 4) is 11.3 Å². The first-order chi connectivity index (χ1) is 17.3. The topological polar surface area (TPSA) is 147 Å². The van der Waals surface area contributed by atoms with E-state index in [9.17, 15) is 18.0 Å². The molecular weight excluding hydrogens is 475 g/mol. The van der Waals surface area contributed by atoms with Gasteiger partial charge in [0.2, 0.25) is 0 Å². The SMILES string of the molecule is NO.Nc1ccc(-c2ccc(C(=O)CCO)c(C(F)(F)F)c2)nc1NCc1ccc2ncccc2c1. The number of aliphatic hydroxyl groups excluding tert-OH is 1. The molecule has 2 aromatic heterocycles. The zero-order valence-electron chi connectivity index (χ0n) is 19.0. The molecule has 4 rings (SSSR count). The molecular formula is C25H24F3N5O3. The van der Waals surface area contributed by atoms with Gasteiger partial charge in [0.1, 0.15) is 5.82 Å². The van der Waals surface area contributed by atoms with Gasteiger partial charge in [0.15, 0.2) is 5.78 Å². The van der Waals surface area contributed by atoms with Crippen molar-refractivity contribution in [2.45, 2.75) is 19.1 Å². The number of rotatable bonds is 7. The molecule has 36 heavy (non-hydrogen) atoms. The van der Waals surface area contributed by atoms with E-state index in [1.807, 2.05) is 30.3 Å². The van der Waals surface area contributed by atoms with Crippen molar-refractivity contribution in [1.29, 1.82) is 0 Å². The number of carbonyl (C=O) groups is 1. The van der Waals surface area contributed by atoms with E-state index < -0.39 is 29.7 Å². The number of nitrogens with one attached hydrogen (secondary N) is 1. The molecule has 8 nitrogen and oxygen atoms in total. The number of Topliss-reactive ketones (excluding diaryl/α,β-unsaturated/α-hetero) is 1. The number of alkyl halides is 3. The van der Waals surface area contributed by atoms with Gasteiger partial charge < -0.3 is 21.4 Å². The maximum absolute atomic E-state index is 13.6. The van der Waals surface area contributed by atoms with Crippen LogP contribution in [-0.2, 0) is 12.7 Å². The maximum atomic E-state index is 13.6. The van der Waals surface area contributed by atoms with Crippen LogP contribution in [0.15, 0.2) is 66.9 Å². The molecule has 11 heteroatoms. The van der Waals surface area contributed by atoms with E-state index in [1.165, 1.54) is 12.1 Å². The zero-order valence-corrected chi connectivity index (χ0v) is 19.0. The lowest BCUT2D eigenvalue weighted by Crippen LogP contribution is -2.14. The third-order valence-corrected chi connectivity index (χ3v) is 5.31. The number of hydrogen-bond donors (Lipinski definition) is 5. The smallest absolute Gasteiger partial charge is 0.396 e. The van der Waals surface area contributed by atoms with Crippen LogP contribution in [0.1, 0.15) is 27.9 Å². The Kier molecular flexibility index (Phi) is 8.54. The highest BCUT2D eigenvalue weighted by Crippen LogP contribution is 2.36. The van der Waals surface area contributed by atoms with E-state index in [0.717, 1.165) is 28.6 Å². The first-order valence-electron chi connectivity index (χ1n) is 10.7. The van der Waals surface area contributed by atoms with Crippen molar-refractivity contribution in [3.05, 3.63) is 83.6 Å². The monoisotopic (exact) mass is 499 g/mol. The summed E-state index contributed by atoms with van der Waals surface area (Å²) in [6.07, 6.45) is -3.41. The van der Waals surface area contributed by atoms with Gasteiger partial charge in [-0.15, -0.1) is 0 Å². The summed E-state index contributed by atoms with van der Waals surface area (Å²) >= 11 is 0. The highest BCUT2D eigenvalue weighted by molar-refractivity contribution is 5.98. The second-order valence-corrected chi connectivity index (χ2v) is 7.67. The van der Waals surface area contributed by atoms with Crippen LogP contribution in [-0.4, -0.2) is 32.7 Å². The predicted octanol–water partition coefficient (Wildman–Crippen LogP) is 4.41. The molecule has 0 unspecified atom stereocenters. The molecule has 0 aliphatic rings. The van der Waals surface area contributed by atoms with Gasteiger partial charge in [-0.1, -0.05) is 24.3 Å². The van der Waals surface area contributed by atoms with Gasteiger partial charge in [0.05, 0.1) is 29.1 Å². The number of carbonyl (C=O) groups excluding carboxylic acids is 1. The Morgan fingerprint density at radius 1 is 1.03 bits per heavy atom. The first-order valence-corrected chi connectivity index (χ1v) is 10.7. The molecule has 188 valence electrons. The van der Waals surface area contributed by atoms with Crippen LogP contribution in [0.3, 0.4) is 0 Å². The fourth-order valence-corrected chi connectivity index (χ4v) is 3.61. The summed E-state index contributed by atoms with van der Waals surface area (Å²) in [5, 5.41) is 19.5. The van der Waals surface area contributed by atoms with Gasteiger partial charge in [0.25, 0.3) is 0 Å². The number of benzene rings is 2. The minimum Gasteiger partial charge on any atom is -0.396 e. The molecule has 0 radical (unpaired) electrons. The van der Waals surface area contributed by atoms with Crippen molar-refractivity contribution >= 4 is 28.2 Å². The molecule has 0 aliphatic carbocycles. The van der Waals surface area contributed by atoms with E-state index in [2.05, 4.69) is 21.2 Å². The lowest BCUT2D eigenvalue weighted by molar-refractivity contribution is -0.137. The number of nitrogen functional groups attached to an aromatic ring is 1. The van der Waals surface area contributed by atoms with Crippen LogP contribution < -0.4 is 16.9 Å².